The van der Waals surface area contributed by atoms with Gasteiger partial charge in [0.05, 0.1) is 10.9 Å². The van der Waals surface area contributed by atoms with E-state index in [1.807, 2.05) is 0 Å². The molecule has 1 aliphatic rings. The van der Waals surface area contributed by atoms with E-state index in [0.717, 1.165) is 12.8 Å². The molecule has 1 aliphatic carbocycles. The SMILES string of the molecule is C=CCn1c(=S)[nH]c2cc(C(=O)NC3CCCCC3)ccc2c1=O. The van der Waals surface area contributed by atoms with E-state index in [9.17, 15) is 9.59 Å². The summed E-state index contributed by atoms with van der Waals surface area (Å²) in [5.74, 6) is -0.0987. The molecule has 0 radical (unpaired) electrons. The van der Waals surface area contributed by atoms with Crippen molar-refractivity contribution in [1.29, 1.82) is 0 Å². The molecule has 1 heterocycles. The van der Waals surface area contributed by atoms with Crippen LogP contribution < -0.4 is 10.9 Å². The van der Waals surface area contributed by atoms with Crippen LogP contribution in [0.25, 0.3) is 10.9 Å². The summed E-state index contributed by atoms with van der Waals surface area (Å²) in [4.78, 5) is 27.9. The van der Waals surface area contributed by atoms with E-state index in [2.05, 4.69) is 16.9 Å². The third-order valence-electron chi connectivity index (χ3n) is 4.50. The number of carbonyl (C=O) groups excluding carboxylic acids is 1. The quantitative estimate of drug-likeness (QED) is 0.661. The second kappa shape index (κ2) is 7.13. The molecule has 0 saturated heterocycles. The van der Waals surface area contributed by atoms with E-state index in [4.69, 9.17) is 12.2 Å². The number of nitrogens with zero attached hydrogens (tertiary/aromatic N) is 1. The van der Waals surface area contributed by atoms with Crippen LogP contribution >= 0.6 is 12.2 Å². The first-order chi connectivity index (χ1) is 11.6. The molecule has 3 rings (SSSR count). The van der Waals surface area contributed by atoms with Crippen LogP contribution in [0.5, 0.6) is 0 Å². The van der Waals surface area contributed by atoms with Gasteiger partial charge in [-0.05, 0) is 43.3 Å². The lowest BCUT2D eigenvalue weighted by atomic mass is 9.95. The van der Waals surface area contributed by atoms with Gasteiger partial charge in [0.25, 0.3) is 11.5 Å². The van der Waals surface area contributed by atoms with Crippen molar-refractivity contribution in [2.24, 2.45) is 0 Å². The Hall–Kier alpha value is -2.21. The second-order valence-corrected chi connectivity index (χ2v) is 6.59. The third-order valence-corrected chi connectivity index (χ3v) is 4.82. The van der Waals surface area contributed by atoms with Crippen LogP contribution in [0.15, 0.2) is 35.6 Å². The number of hydrogen-bond donors (Lipinski definition) is 2. The number of rotatable bonds is 4. The lowest BCUT2D eigenvalue weighted by Crippen LogP contribution is -2.36. The maximum atomic E-state index is 12.5. The molecule has 2 aromatic rings. The van der Waals surface area contributed by atoms with E-state index >= 15 is 0 Å². The number of aromatic amines is 1. The zero-order chi connectivity index (χ0) is 17.1. The molecule has 0 unspecified atom stereocenters. The van der Waals surface area contributed by atoms with Crippen LogP contribution in [0, 0.1) is 4.77 Å². The molecule has 1 aromatic carbocycles. The predicted octanol–water partition coefficient (Wildman–Crippen LogP) is 3.31. The monoisotopic (exact) mass is 343 g/mol. The van der Waals surface area contributed by atoms with Crippen LogP contribution in [0.3, 0.4) is 0 Å². The zero-order valence-corrected chi connectivity index (χ0v) is 14.3. The molecular weight excluding hydrogens is 322 g/mol. The fourth-order valence-electron chi connectivity index (χ4n) is 3.21. The van der Waals surface area contributed by atoms with Crippen molar-refractivity contribution in [3.8, 4) is 0 Å². The molecule has 24 heavy (non-hydrogen) atoms. The number of H-pyrrole nitrogens is 1. The predicted molar refractivity (Wildman–Crippen MR) is 97.9 cm³/mol. The highest BCUT2D eigenvalue weighted by Gasteiger charge is 2.17. The van der Waals surface area contributed by atoms with Crippen molar-refractivity contribution < 1.29 is 4.79 Å². The van der Waals surface area contributed by atoms with Crippen molar-refractivity contribution in [3.05, 3.63) is 51.5 Å². The Morgan fingerprint density at radius 3 is 2.83 bits per heavy atom. The van der Waals surface area contributed by atoms with Gasteiger partial charge in [-0.2, -0.15) is 0 Å². The van der Waals surface area contributed by atoms with E-state index in [1.165, 1.54) is 23.8 Å². The number of amides is 1. The van der Waals surface area contributed by atoms with Crippen molar-refractivity contribution in [2.75, 3.05) is 0 Å². The Kier molecular flexibility index (Phi) is 4.94. The number of aromatic nitrogens is 2. The van der Waals surface area contributed by atoms with E-state index in [0.29, 0.717) is 27.8 Å². The highest BCUT2D eigenvalue weighted by molar-refractivity contribution is 7.71. The lowest BCUT2D eigenvalue weighted by molar-refractivity contribution is 0.0928. The molecule has 0 bridgehead atoms. The minimum absolute atomic E-state index is 0.0987. The van der Waals surface area contributed by atoms with E-state index < -0.39 is 0 Å². The van der Waals surface area contributed by atoms with Crippen molar-refractivity contribution >= 4 is 29.0 Å². The van der Waals surface area contributed by atoms with Gasteiger partial charge >= 0.3 is 0 Å². The average Bonchev–Trinajstić information content (AvgIpc) is 2.59. The van der Waals surface area contributed by atoms with Gasteiger partial charge in [-0.25, -0.2) is 0 Å². The van der Waals surface area contributed by atoms with Crippen LogP contribution in [-0.4, -0.2) is 21.5 Å². The Balaban J connectivity index is 1.92. The van der Waals surface area contributed by atoms with Gasteiger partial charge in [0.1, 0.15) is 0 Å². The van der Waals surface area contributed by atoms with Crippen molar-refractivity contribution in [1.82, 2.24) is 14.9 Å². The van der Waals surface area contributed by atoms with E-state index in [1.54, 1.807) is 24.3 Å². The van der Waals surface area contributed by atoms with Gasteiger partial charge in [-0.3, -0.25) is 14.2 Å². The number of carbonyl (C=O) groups is 1. The fourth-order valence-corrected chi connectivity index (χ4v) is 3.47. The second-order valence-electron chi connectivity index (χ2n) is 6.20. The minimum atomic E-state index is -0.173. The topological polar surface area (TPSA) is 66.9 Å². The fraction of sp³-hybridized carbons (Fsp3) is 0.389. The molecule has 1 amide bonds. The Bertz CT molecular complexity index is 891. The molecule has 0 atom stereocenters. The maximum absolute atomic E-state index is 12.5. The van der Waals surface area contributed by atoms with E-state index in [-0.39, 0.29) is 17.5 Å². The smallest absolute Gasteiger partial charge is 0.262 e. The summed E-state index contributed by atoms with van der Waals surface area (Å²) in [6, 6.07) is 5.32. The first-order valence-corrected chi connectivity index (χ1v) is 8.69. The largest absolute Gasteiger partial charge is 0.349 e. The summed E-state index contributed by atoms with van der Waals surface area (Å²) < 4.78 is 1.78. The van der Waals surface area contributed by atoms with Crippen molar-refractivity contribution in [3.63, 3.8) is 0 Å². The van der Waals surface area contributed by atoms with Crippen LogP contribution in [0.4, 0.5) is 0 Å². The zero-order valence-electron chi connectivity index (χ0n) is 13.5. The molecule has 0 aliphatic heterocycles. The minimum Gasteiger partial charge on any atom is -0.349 e. The van der Waals surface area contributed by atoms with Crippen LogP contribution in [-0.2, 0) is 6.54 Å². The maximum Gasteiger partial charge on any atom is 0.262 e. The summed E-state index contributed by atoms with van der Waals surface area (Å²) in [6.07, 6.45) is 7.28. The number of fused-ring (bicyclic) bond motifs is 1. The molecule has 2 N–H and O–H groups in total. The summed E-state index contributed by atoms with van der Waals surface area (Å²) >= 11 is 5.23. The Labute approximate surface area is 145 Å². The van der Waals surface area contributed by atoms with Gasteiger partial charge in [-0.15, -0.1) is 6.58 Å². The average molecular weight is 343 g/mol. The molecule has 6 heteroatoms. The summed E-state index contributed by atoms with van der Waals surface area (Å²) in [5.41, 5.74) is 0.953. The van der Waals surface area contributed by atoms with Gasteiger partial charge < -0.3 is 10.3 Å². The van der Waals surface area contributed by atoms with Crippen LogP contribution in [0.1, 0.15) is 42.5 Å². The standard InChI is InChI=1S/C18H21N3O2S/c1-2-10-21-17(23)14-9-8-12(11-15(14)20-18(21)24)16(22)19-13-6-4-3-5-7-13/h2,8-9,11,13H,1,3-7,10H2,(H,19,22)(H,20,24). The highest BCUT2D eigenvalue weighted by atomic mass is 32.1. The van der Waals surface area contributed by atoms with Crippen molar-refractivity contribution in [2.45, 2.75) is 44.7 Å². The first-order valence-electron chi connectivity index (χ1n) is 8.29. The lowest BCUT2D eigenvalue weighted by Gasteiger charge is -2.22. The van der Waals surface area contributed by atoms with Gasteiger partial charge in [-0.1, -0.05) is 25.3 Å². The first kappa shape index (κ1) is 16.6. The number of hydrogen-bond acceptors (Lipinski definition) is 3. The molecule has 0 spiro atoms. The summed E-state index contributed by atoms with van der Waals surface area (Å²) in [5, 5.41) is 3.60. The molecular formula is C18H21N3O2S. The number of allylic oxidation sites excluding steroid dienone is 1. The van der Waals surface area contributed by atoms with Gasteiger partial charge in [0, 0.05) is 18.2 Å². The van der Waals surface area contributed by atoms with Gasteiger partial charge in [0.2, 0.25) is 0 Å². The summed E-state index contributed by atoms with van der Waals surface area (Å²) in [7, 11) is 0. The number of nitrogens with one attached hydrogen (secondary N) is 2. The highest BCUT2D eigenvalue weighted by Crippen LogP contribution is 2.18. The van der Waals surface area contributed by atoms with Crippen LogP contribution in [0.2, 0.25) is 0 Å². The molecule has 1 fully saturated rings. The molecule has 5 nitrogen and oxygen atoms in total. The summed E-state index contributed by atoms with van der Waals surface area (Å²) in [6.45, 7) is 3.99. The Morgan fingerprint density at radius 2 is 2.12 bits per heavy atom. The molecule has 1 saturated carbocycles. The molecule has 126 valence electrons. The molecule has 1 aromatic heterocycles. The normalized spacial score (nSPS) is 15.3. The third kappa shape index (κ3) is 3.33. The number of benzene rings is 1. The van der Waals surface area contributed by atoms with Gasteiger partial charge in [0.15, 0.2) is 4.77 Å². The Morgan fingerprint density at radius 1 is 1.38 bits per heavy atom.